The molecular formula is C41H73N9O17. The number of aliphatic hydroxyl groups is 5. The minimum absolute atomic E-state index is 0.108. The van der Waals surface area contributed by atoms with E-state index >= 15 is 0 Å². The second-order valence-electron chi connectivity index (χ2n) is 16.9. The number of hydrogen-bond donors (Lipinski definition) is 14. The first kappa shape index (κ1) is 59.9. The van der Waals surface area contributed by atoms with Crippen molar-refractivity contribution in [2.45, 2.75) is 128 Å². The first-order valence-electron chi connectivity index (χ1n) is 22.5. The fourth-order valence-electron chi connectivity index (χ4n) is 6.71. The van der Waals surface area contributed by atoms with Gasteiger partial charge in [0.2, 0.25) is 53.2 Å². The summed E-state index contributed by atoms with van der Waals surface area (Å²) in [6, 6.07) is -8.22. The van der Waals surface area contributed by atoms with Crippen LogP contribution in [0.4, 0.5) is 0 Å². The summed E-state index contributed by atoms with van der Waals surface area (Å²) in [6.45, 7) is 0.584. The topological polar surface area (TPSA) is 397 Å². The van der Waals surface area contributed by atoms with Crippen molar-refractivity contribution in [3.8, 4) is 0 Å². The summed E-state index contributed by atoms with van der Waals surface area (Å²) < 4.78 is 0. The molecular weight excluding hydrogens is 890 g/mol. The van der Waals surface area contributed by atoms with Crippen LogP contribution in [-0.2, 0) is 43.2 Å². The third kappa shape index (κ3) is 23.5. The molecule has 1 saturated heterocycles. The van der Waals surface area contributed by atoms with Crippen LogP contribution in [0.2, 0.25) is 0 Å². The van der Waals surface area contributed by atoms with Crippen molar-refractivity contribution in [3.63, 3.8) is 0 Å². The molecule has 8 unspecified atom stereocenters. The molecule has 14 N–H and O–H groups in total. The van der Waals surface area contributed by atoms with Gasteiger partial charge in [0.1, 0.15) is 30.2 Å². The van der Waals surface area contributed by atoms with Crippen molar-refractivity contribution in [2.24, 2.45) is 17.8 Å². The van der Waals surface area contributed by atoms with E-state index in [9.17, 15) is 79.2 Å². The smallest absolute Gasteiger partial charge is 0.246 e. The van der Waals surface area contributed by atoms with Crippen molar-refractivity contribution in [1.82, 2.24) is 47.1 Å². The number of nitrogens with one attached hydrogen (secondary N) is 6. The molecule has 0 aromatic heterocycles. The number of aliphatic hydroxyl groups excluding tert-OH is 5. The van der Waals surface area contributed by atoms with Crippen LogP contribution in [0.3, 0.4) is 0 Å². The molecule has 67 heavy (non-hydrogen) atoms. The SMILES string of the molecule is CC(CCO)CC(=O)N(O)CCCC1NC(=O)CNC(=O)C(CO)NC(=O)C(CO)NC(=O)C(CCCN(O)C(=O)CC(C)CCO)NC(=O)C(CCCN(O)C(=O)CC(C)CCO)NC1=O. The van der Waals surface area contributed by atoms with Gasteiger partial charge in [0.05, 0.1) is 19.8 Å². The van der Waals surface area contributed by atoms with E-state index in [-0.39, 0.29) is 128 Å². The molecule has 0 saturated carbocycles. The zero-order valence-electron chi connectivity index (χ0n) is 38.6. The molecule has 0 aromatic rings. The van der Waals surface area contributed by atoms with Gasteiger partial charge >= 0.3 is 0 Å². The molecule has 0 spiro atoms. The van der Waals surface area contributed by atoms with Gasteiger partial charge in [0.15, 0.2) is 0 Å². The van der Waals surface area contributed by atoms with Crippen molar-refractivity contribution >= 4 is 53.2 Å². The van der Waals surface area contributed by atoms with E-state index in [2.05, 4.69) is 31.9 Å². The zero-order valence-corrected chi connectivity index (χ0v) is 38.6. The van der Waals surface area contributed by atoms with Gasteiger partial charge in [0, 0.05) is 58.7 Å². The number of rotatable bonds is 26. The van der Waals surface area contributed by atoms with E-state index in [4.69, 9.17) is 5.11 Å². The van der Waals surface area contributed by atoms with E-state index in [1.165, 1.54) is 0 Å². The Morgan fingerprint density at radius 2 is 0.761 bits per heavy atom. The van der Waals surface area contributed by atoms with E-state index < -0.39 is 103 Å². The van der Waals surface area contributed by atoms with Crippen LogP contribution < -0.4 is 31.9 Å². The Bertz CT molecular complexity index is 1610. The highest BCUT2D eigenvalue weighted by Gasteiger charge is 2.33. The fraction of sp³-hybridized carbons (Fsp3) is 0.780. The van der Waals surface area contributed by atoms with Crippen molar-refractivity contribution in [1.29, 1.82) is 0 Å². The van der Waals surface area contributed by atoms with Gasteiger partial charge < -0.3 is 57.4 Å². The largest absolute Gasteiger partial charge is 0.396 e. The fourth-order valence-corrected chi connectivity index (χ4v) is 6.71. The lowest BCUT2D eigenvalue weighted by atomic mass is 10.0. The maximum atomic E-state index is 14.2. The lowest BCUT2D eigenvalue weighted by Crippen LogP contribution is -2.61. The molecule has 0 radical (unpaired) electrons. The standard InChI is InChI=1S/C41H73N9O17/c1-25(10-16-51)19-34(57)48(65)13-4-7-28-38(61)44-29(8-5-14-49(66)35(58)20-26(2)11-17-52)39(62)45-30(9-6-15-50(67)36(59)21-27(3)12-18-53)40(63)47-32(24-55)41(64)46-31(23-54)37(60)42-22-33(56)43-28/h25-32,51-55,65-67H,4-24H2,1-3H3,(H,42,60)(H,43,56)(H,44,61)(H,45,62)(H,46,64)(H,47,63). The molecule has 0 bridgehead atoms. The first-order valence-corrected chi connectivity index (χ1v) is 22.5. The normalized spacial score (nSPS) is 21.4. The average molecular weight is 964 g/mol. The van der Waals surface area contributed by atoms with Crippen LogP contribution in [0.25, 0.3) is 0 Å². The summed E-state index contributed by atoms with van der Waals surface area (Å²) in [5.74, 6) is -9.27. The number of hydrogen-bond acceptors (Lipinski definition) is 17. The van der Waals surface area contributed by atoms with Crippen LogP contribution >= 0.6 is 0 Å². The average Bonchev–Trinajstić information content (AvgIpc) is 3.27. The molecule has 1 rings (SSSR count). The number of carbonyl (C=O) groups is 9. The van der Waals surface area contributed by atoms with Gasteiger partial charge in [-0.25, -0.2) is 15.2 Å². The number of nitrogens with zero attached hydrogens (tertiary/aromatic N) is 3. The lowest BCUT2D eigenvalue weighted by Gasteiger charge is -2.28. The Labute approximate surface area is 389 Å². The molecule has 1 heterocycles. The van der Waals surface area contributed by atoms with Crippen LogP contribution in [0.15, 0.2) is 0 Å². The van der Waals surface area contributed by atoms with E-state index in [1.54, 1.807) is 20.8 Å². The quantitative estimate of drug-likeness (QED) is 0.0288. The number of amides is 9. The minimum atomic E-state index is -1.78. The molecule has 0 aromatic carbocycles. The van der Waals surface area contributed by atoms with Crippen LogP contribution in [0, 0.1) is 17.8 Å². The first-order chi connectivity index (χ1) is 31.7. The molecule has 1 fully saturated rings. The van der Waals surface area contributed by atoms with Crippen molar-refractivity contribution in [3.05, 3.63) is 0 Å². The third-order valence-electron chi connectivity index (χ3n) is 10.9. The summed E-state index contributed by atoms with van der Waals surface area (Å²) in [5.41, 5.74) is 0. The predicted octanol–water partition coefficient (Wildman–Crippen LogP) is -4.26. The van der Waals surface area contributed by atoms with E-state index in [0.29, 0.717) is 21.6 Å². The summed E-state index contributed by atoms with van der Waals surface area (Å²) >= 11 is 0. The van der Waals surface area contributed by atoms with Gasteiger partial charge in [-0.05, 0) is 75.5 Å². The molecule has 26 heteroatoms. The van der Waals surface area contributed by atoms with Crippen LogP contribution in [-0.4, -0.2) is 199 Å². The molecule has 8 atom stereocenters. The van der Waals surface area contributed by atoms with Gasteiger partial charge in [-0.3, -0.25) is 58.8 Å². The highest BCUT2D eigenvalue weighted by Crippen LogP contribution is 2.13. The summed E-state index contributed by atoms with van der Waals surface area (Å²) in [4.78, 5) is 119. The van der Waals surface area contributed by atoms with E-state index in [1.807, 2.05) is 0 Å². The van der Waals surface area contributed by atoms with Crippen molar-refractivity contribution in [2.75, 3.05) is 59.2 Å². The van der Waals surface area contributed by atoms with Gasteiger partial charge in [-0.15, -0.1) is 0 Å². The summed E-state index contributed by atoms with van der Waals surface area (Å²) in [7, 11) is 0. The molecule has 1 aliphatic rings. The molecule has 0 aliphatic carbocycles. The molecule has 26 nitrogen and oxygen atoms in total. The third-order valence-corrected chi connectivity index (χ3v) is 10.9. The Morgan fingerprint density at radius 1 is 0.478 bits per heavy atom. The number of hydroxylamine groups is 6. The monoisotopic (exact) mass is 964 g/mol. The zero-order chi connectivity index (χ0) is 50.6. The second-order valence-corrected chi connectivity index (χ2v) is 16.9. The molecule has 384 valence electrons. The van der Waals surface area contributed by atoms with Crippen LogP contribution in [0.1, 0.15) is 97.8 Å². The molecule has 9 amide bonds. The lowest BCUT2D eigenvalue weighted by molar-refractivity contribution is -0.167. The molecule has 1 aliphatic heterocycles. The Kier molecular flexibility index (Phi) is 29.1. The Balaban J connectivity index is 3.63. The summed E-state index contributed by atoms with van der Waals surface area (Å²) in [6.07, 6.45) is -0.864. The van der Waals surface area contributed by atoms with Gasteiger partial charge in [0.25, 0.3) is 0 Å². The maximum Gasteiger partial charge on any atom is 0.246 e. The van der Waals surface area contributed by atoms with Crippen LogP contribution in [0.5, 0.6) is 0 Å². The number of carbonyl (C=O) groups excluding carboxylic acids is 9. The van der Waals surface area contributed by atoms with Gasteiger partial charge in [-0.2, -0.15) is 0 Å². The maximum absolute atomic E-state index is 14.2. The minimum Gasteiger partial charge on any atom is -0.396 e. The van der Waals surface area contributed by atoms with Crippen molar-refractivity contribution < 1.29 is 84.3 Å². The highest BCUT2D eigenvalue weighted by molar-refractivity contribution is 5.97. The summed E-state index contributed by atoms with van der Waals surface area (Å²) in [5, 5.41) is 93.9. The predicted molar refractivity (Wildman–Crippen MR) is 231 cm³/mol. The highest BCUT2D eigenvalue weighted by atomic mass is 16.5. The van der Waals surface area contributed by atoms with E-state index in [0.717, 1.165) is 0 Å². The Morgan fingerprint density at radius 3 is 1.07 bits per heavy atom. The second kappa shape index (κ2) is 32.6. The van der Waals surface area contributed by atoms with Gasteiger partial charge in [-0.1, -0.05) is 20.8 Å². The Hall–Kier alpha value is -5.09.